The first-order valence-electron chi connectivity index (χ1n) is 7.43. The molecule has 0 saturated heterocycles. The van der Waals surface area contributed by atoms with E-state index >= 15 is 0 Å². The Kier molecular flexibility index (Phi) is 5.61. The number of hydrogen-bond acceptors (Lipinski definition) is 4. The smallest absolute Gasteiger partial charge is 0.263 e. The molecule has 0 fully saturated rings. The van der Waals surface area contributed by atoms with Crippen LogP contribution in [0.5, 0.6) is 11.6 Å². The lowest BCUT2D eigenvalue weighted by Gasteiger charge is -2.19. The number of anilines is 1. The van der Waals surface area contributed by atoms with Crippen molar-refractivity contribution < 1.29 is 9.53 Å². The highest BCUT2D eigenvalue weighted by molar-refractivity contribution is 6.34. The first kappa shape index (κ1) is 18.5. The van der Waals surface area contributed by atoms with Gasteiger partial charge in [0.2, 0.25) is 5.88 Å². The van der Waals surface area contributed by atoms with E-state index in [0.717, 1.165) is 0 Å². The molecule has 0 saturated carbocycles. The van der Waals surface area contributed by atoms with Crippen molar-refractivity contribution in [2.75, 3.05) is 11.9 Å². The molecule has 2 aromatic heterocycles. The Bertz CT molecular complexity index is 966. The number of ether oxygens (including phenoxy) is 1. The molecule has 0 aliphatic carbocycles. The molecule has 0 aliphatic heterocycles. The maximum atomic E-state index is 12.9. The number of benzene rings is 1. The quantitative estimate of drug-likeness (QED) is 0.571. The van der Waals surface area contributed by atoms with E-state index in [1.807, 2.05) is 0 Å². The van der Waals surface area contributed by atoms with Crippen LogP contribution in [0.2, 0.25) is 15.1 Å². The van der Waals surface area contributed by atoms with Gasteiger partial charge >= 0.3 is 0 Å². The lowest BCUT2D eigenvalue weighted by Crippen LogP contribution is -2.27. The Labute approximate surface area is 165 Å². The summed E-state index contributed by atoms with van der Waals surface area (Å²) in [6, 6.07) is 9.63. The third-order valence-corrected chi connectivity index (χ3v) is 4.38. The molecule has 0 unspecified atom stereocenters. The number of aromatic nitrogens is 2. The SMILES string of the molecule is CN(C(=O)c1cccnc1Oc1cc(Cl)ccc1Cl)c1cnccc1Cl. The summed E-state index contributed by atoms with van der Waals surface area (Å²) in [5.74, 6) is 0.0451. The summed E-state index contributed by atoms with van der Waals surface area (Å²) in [7, 11) is 1.59. The summed E-state index contributed by atoms with van der Waals surface area (Å²) in [6.07, 6.45) is 4.57. The topological polar surface area (TPSA) is 55.3 Å². The molecule has 2 heterocycles. The summed E-state index contributed by atoms with van der Waals surface area (Å²) in [6.45, 7) is 0. The van der Waals surface area contributed by atoms with E-state index in [4.69, 9.17) is 39.5 Å². The van der Waals surface area contributed by atoms with Crippen molar-refractivity contribution in [1.82, 2.24) is 9.97 Å². The van der Waals surface area contributed by atoms with Crippen LogP contribution in [0.3, 0.4) is 0 Å². The van der Waals surface area contributed by atoms with Gasteiger partial charge in [0.15, 0.2) is 0 Å². The first-order chi connectivity index (χ1) is 12.5. The van der Waals surface area contributed by atoms with Crippen molar-refractivity contribution in [3.05, 3.63) is 75.6 Å². The van der Waals surface area contributed by atoms with Crippen LogP contribution in [0.1, 0.15) is 10.4 Å². The highest BCUT2D eigenvalue weighted by Crippen LogP contribution is 2.33. The van der Waals surface area contributed by atoms with Crippen LogP contribution >= 0.6 is 34.8 Å². The Morgan fingerprint density at radius 1 is 1.08 bits per heavy atom. The summed E-state index contributed by atoms with van der Waals surface area (Å²) in [4.78, 5) is 22.4. The first-order valence-corrected chi connectivity index (χ1v) is 8.56. The van der Waals surface area contributed by atoms with E-state index < -0.39 is 0 Å². The van der Waals surface area contributed by atoms with Gasteiger partial charge in [-0.3, -0.25) is 9.78 Å². The van der Waals surface area contributed by atoms with E-state index in [9.17, 15) is 4.79 Å². The van der Waals surface area contributed by atoms with Gasteiger partial charge in [-0.2, -0.15) is 0 Å². The van der Waals surface area contributed by atoms with Gasteiger partial charge in [0.25, 0.3) is 5.91 Å². The van der Waals surface area contributed by atoms with Crippen LogP contribution in [0.15, 0.2) is 55.0 Å². The molecule has 0 radical (unpaired) electrons. The van der Waals surface area contributed by atoms with Gasteiger partial charge in [-0.1, -0.05) is 34.8 Å². The molecule has 0 aliphatic rings. The number of halogens is 3. The fraction of sp³-hybridized carbons (Fsp3) is 0.0556. The zero-order valence-electron chi connectivity index (χ0n) is 13.5. The Balaban J connectivity index is 1.95. The molecule has 0 spiro atoms. The van der Waals surface area contributed by atoms with Crippen molar-refractivity contribution >= 4 is 46.4 Å². The monoisotopic (exact) mass is 407 g/mol. The maximum Gasteiger partial charge on any atom is 0.263 e. The number of amides is 1. The number of hydrogen-bond donors (Lipinski definition) is 0. The predicted molar refractivity (Wildman–Crippen MR) is 103 cm³/mol. The van der Waals surface area contributed by atoms with Crippen molar-refractivity contribution in [3.63, 3.8) is 0 Å². The molecule has 3 rings (SSSR count). The predicted octanol–water partition coefficient (Wildman–Crippen LogP) is 5.51. The summed E-state index contributed by atoms with van der Waals surface area (Å²) in [5.41, 5.74) is 0.709. The number of pyridine rings is 2. The molecule has 8 heteroatoms. The van der Waals surface area contributed by atoms with Crippen molar-refractivity contribution in [2.45, 2.75) is 0 Å². The molecule has 132 valence electrons. The molecule has 3 aromatic rings. The minimum absolute atomic E-state index is 0.105. The van der Waals surface area contributed by atoms with E-state index in [0.29, 0.717) is 26.5 Å². The highest BCUT2D eigenvalue weighted by Gasteiger charge is 2.21. The van der Waals surface area contributed by atoms with Crippen LogP contribution in [0, 0.1) is 0 Å². The van der Waals surface area contributed by atoms with E-state index in [2.05, 4.69) is 9.97 Å². The normalized spacial score (nSPS) is 10.5. The van der Waals surface area contributed by atoms with Gasteiger partial charge in [0.1, 0.15) is 11.3 Å². The fourth-order valence-corrected chi connectivity index (χ4v) is 2.75. The number of carbonyl (C=O) groups is 1. The molecule has 0 atom stereocenters. The zero-order chi connectivity index (χ0) is 18.7. The minimum Gasteiger partial charge on any atom is -0.437 e. The van der Waals surface area contributed by atoms with Crippen molar-refractivity contribution in [3.8, 4) is 11.6 Å². The lowest BCUT2D eigenvalue weighted by atomic mass is 10.2. The van der Waals surface area contributed by atoms with Crippen LogP contribution in [-0.2, 0) is 0 Å². The zero-order valence-corrected chi connectivity index (χ0v) is 15.8. The lowest BCUT2D eigenvalue weighted by molar-refractivity contribution is 0.0990. The maximum absolute atomic E-state index is 12.9. The van der Waals surface area contributed by atoms with Gasteiger partial charge in [-0.15, -0.1) is 0 Å². The standard InChI is InChI=1S/C18H12Cl3N3O2/c1-24(15-10-22-8-6-13(15)20)18(25)12-3-2-7-23-17(12)26-16-9-11(19)4-5-14(16)21/h2-10H,1H3. The molecule has 0 N–H and O–H groups in total. The molecule has 0 bridgehead atoms. The van der Waals surface area contributed by atoms with Crippen molar-refractivity contribution in [2.24, 2.45) is 0 Å². The minimum atomic E-state index is -0.360. The second-order valence-corrected chi connectivity index (χ2v) is 6.48. The second kappa shape index (κ2) is 7.91. The second-order valence-electron chi connectivity index (χ2n) is 5.22. The highest BCUT2D eigenvalue weighted by atomic mass is 35.5. The molecule has 26 heavy (non-hydrogen) atoms. The fourth-order valence-electron chi connectivity index (χ4n) is 2.20. The van der Waals surface area contributed by atoms with E-state index in [1.54, 1.807) is 49.6 Å². The average molecular weight is 409 g/mol. The Hall–Kier alpha value is -2.34. The largest absolute Gasteiger partial charge is 0.437 e. The van der Waals surface area contributed by atoms with Crippen LogP contribution in [0.4, 0.5) is 5.69 Å². The Morgan fingerprint density at radius 3 is 2.65 bits per heavy atom. The van der Waals surface area contributed by atoms with Crippen molar-refractivity contribution in [1.29, 1.82) is 0 Å². The van der Waals surface area contributed by atoms with E-state index in [-0.39, 0.29) is 17.4 Å². The number of nitrogens with zero attached hydrogens (tertiary/aromatic N) is 3. The van der Waals surface area contributed by atoms with Gasteiger partial charge in [0.05, 0.1) is 21.9 Å². The van der Waals surface area contributed by atoms with Crippen LogP contribution < -0.4 is 9.64 Å². The van der Waals surface area contributed by atoms with Gasteiger partial charge in [-0.25, -0.2) is 4.98 Å². The number of carbonyl (C=O) groups excluding carboxylic acids is 1. The Morgan fingerprint density at radius 2 is 1.88 bits per heavy atom. The number of rotatable bonds is 4. The van der Waals surface area contributed by atoms with Gasteiger partial charge in [0, 0.05) is 30.5 Å². The summed E-state index contributed by atoms with van der Waals surface area (Å²) >= 11 is 18.2. The molecule has 1 amide bonds. The average Bonchev–Trinajstić information content (AvgIpc) is 2.64. The van der Waals surface area contributed by atoms with Gasteiger partial charge in [-0.05, 0) is 30.3 Å². The molecular weight excluding hydrogens is 397 g/mol. The third kappa shape index (κ3) is 3.90. The van der Waals surface area contributed by atoms with E-state index in [1.165, 1.54) is 17.3 Å². The molecular formula is C18H12Cl3N3O2. The van der Waals surface area contributed by atoms with Gasteiger partial charge < -0.3 is 9.64 Å². The molecule has 5 nitrogen and oxygen atoms in total. The summed E-state index contributed by atoms with van der Waals surface area (Å²) < 4.78 is 5.73. The molecule has 1 aromatic carbocycles. The van der Waals surface area contributed by atoms with Crippen LogP contribution in [-0.4, -0.2) is 22.9 Å². The van der Waals surface area contributed by atoms with Crippen LogP contribution in [0.25, 0.3) is 0 Å². The third-order valence-electron chi connectivity index (χ3n) is 3.52. The summed E-state index contributed by atoms with van der Waals surface area (Å²) in [5, 5.41) is 1.20.